The number of nitrogens with zero attached hydrogens (tertiary/aromatic N) is 3. The Hall–Kier alpha value is -4.72. The Morgan fingerprint density at radius 2 is 1.65 bits per heavy atom. The molecule has 0 spiro atoms. The van der Waals surface area contributed by atoms with Crippen LogP contribution in [-0.4, -0.2) is 48.2 Å². The fraction of sp³-hybridized carbons (Fsp3) is 0.250. The highest BCUT2D eigenvalue weighted by atomic mass is 16.5. The van der Waals surface area contributed by atoms with Crippen LogP contribution in [0.15, 0.2) is 91.1 Å². The van der Waals surface area contributed by atoms with E-state index in [1.807, 2.05) is 96.0 Å². The molecule has 0 bridgehead atoms. The first-order valence-corrected chi connectivity index (χ1v) is 13.5. The zero-order valence-electron chi connectivity index (χ0n) is 22.6. The molecule has 1 fully saturated rings. The summed E-state index contributed by atoms with van der Waals surface area (Å²) in [6, 6.07) is 26.6. The smallest absolute Gasteiger partial charge is 0.318 e. The average molecular weight is 537 g/mol. The first kappa shape index (κ1) is 25.6. The molecule has 1 saturated carbocycles. The molecular formula is C32H32N4O4. The number of ether oxygens (including phenoxy) is 2. The van der Waals surface area contributed by atoms with E-state index in [0.717, 1.165) is 41.0 Å². The van der Waals surface area contributed by atoms with Crippen LogP contribution in [0.25, 0.3) is 5.69 Å². The lowest BCUT2D eigenvalue weighted by molar-refractivity contribution is -0.119. The summed E-state index contributed by atoms with van der Waals surface area (Å²) in [4.78, 5) is 31.2. The van der Waals surface area contributed by atoms with Crippen molar-refractivity contribution in [1.82, 2.24) is 14.8 Å². The van der Waals surface area contributed by atoms with Crippen LogP contribution in [0.4, 0.5) is 10.5 Å². The normalized spacial score (nSPS) is 15.6. The second-order valence-corrected chi connectivity index (χ2v) is 10.1. The van der Waals surface area contributed by atoms with E-state index >= 15 is 0 Å². The standard InChI is InChI=1S/C32H32N4O4/c1-39-24-16-17-29(40-2)25(19-24)31-28-13-8-18-34(28)26-11-6-7-12-27(26)36(31)30(37)21-35(23-14-15-23)32(38)33-20-22-9-4-3-5-10-22/h3-13,16-19,23,31H,14-15,20-21H2,1-2H3,(H,33,38). The lowest BCUT2D eigenvalue weighted by atomic mass is 9.96. The molecule has 40 heavy (non-hydrogen) atoms. The Kier molecular flexibility index (Phi) is 6.90. The largest absolute Gasteiger partial charge is 0.497 e. The highest BCUT2D eigenvalue weighted by Gasteiger charge is 2.41. The van der Waals surface area contributed by atoms with E-state index < -0.39 is 6.04 Å². The number of anilines is 1. The van der Waals surface area contributed by atoms with Crippen LogP contribution < -0.4 is 19.7 Å². The molecule has 3 aromatic carbocycles. The number of hydrogen-bond acceptors (Lipinski definition) is 4. The molecule has 0 saturated heterocycles. The van der Waals surface area contributed by atoms with Gasteiger partial charge in [0.05, 0.1) is 31.3 Å². The number of fused-ring (bicyclic) bond motifs is 3. The molecule has 3 amide bonds. The number of urea groups is 1. The van der Waals surface area contributed by atoms with Gasteiger partial charge in [-0.3, -0.25) is 9.69 Å². The molecule has 1 N–H and O–H groups in total. The van der Waals surface area contributed by atoms with E-state index in [4.69, 9.17) is 9.47 Å². The average Bonchev–Trinajstić information content (AvgIpc) is 3.72. The van der Waals surface area contributed by atoms with Crippen LogP contribution in [0.3, 0.4) is 0 Å². The molecule has 2 heterocycles. The number of carbonyl (C=O) groups excluding carboxylic acids is 2. The third-order valence-corrected chi connectivity index (χ3v) is 7.56. The van der Waals surface area contributed by atoms with Gasteiger partial charge in [0.25, 0.3) is 0 Å². The highest BCUT2D eigenvalue weighted by molar-refractivity contribution is 6.00. The summed E-state index contributed by atoms with van der Waals surface area (Å²) in [6.07, 6.45) is 3.78. The van der Waals surface area contributed by atoms with Crippen molar-refractivity contribution in [2.24, 2.45) is 0 Å². The van der Waals surface area contributed by atoms with Crippen molar-refractivity contribution in [3.63, 3.8) is 0 Å². The molecule has 204 valence electrons. The van der Waals surface area contributed by atoms with Crippen LogP contribution in [-0.2, 0) is 11.3 Å². The maximum Gasteiger partial charge on any atom is 0.318 e. The van der Waals surface area contributed by atoms with Gasteiger partial charge < -0.3 is 24.3 Å². The van der Waals surface area contributed by atoms with Crippen molar-refractivity contribution < 1.29 is 19.1 Å². The van der Waals surface area contributed by atoms with Crippen LogP contribution in [0, 0.1) is 0 Å². The minimum Gasteiger partial charge on any atom is -0.497 e. The van der Waals surface area contributed by atoms with Gasteiger partial charge in [-0.05, 0) is 60.9 Å². The summed E-state index contributed by atoms with van der Waals surface area (Å²) in [5, 5.41) is 3.01. The Labute approximate surface area is 233 Å². The maximum atomic E-state index is 14.4. The Morgan fingerprint density at radius 3 is 2.38 bits per heavy atom. The minimum absolute atomic E-state index is 0.0386. The summed E-state index contributed by atoms with van der Waals surface area (Å²) in [5.74, 6) is 1.15. The van der Waals surface area contributed by atoms with Gasteiger partial charge in [-0.25, -0.2) is 4.79 Å². The van der Waals surface area contributed by atoms with E-state index in [0.29, 0.717) is 18.0 Å². The quantitative estimate of drug-likeness (QED) is 0.331. The van der Waals surface area contributed by atoms with Gasteiger partial charge in [0, 0.05) is 24.3 Å². The Balaban J connectivity index is 1.37. The molecule has 0 radical (unpaired) electrons. The van der Waals surface area contributed by atoms with Crippen molar-refractivity contribution in [2.45, 2.75) is 31.5 Å². The molecule has 4 aromatic rings. The van der Waals surface area contributed by atoms with E-state index in [1.54, 1.807) is 19.1 Å². The van der Waals surface area contributed by atoms with Gasteiger partial charge >= 0.3 is 6.03 Å². The summed E-state index contributed by atoms with van der Waals surface area (Å²) in [5.41, 5.74) is 4.40. The maximum absolute atomic E-state index is 14.4. The van der Waals surface area contributed by atoms with Crippen molar-refractivity contribution in [2.75, 3.05) is 25.7 Å². The third-order valence-electron chi connectivity index (χ3n) is 7.56. The highest BCUT2D eigenvalue weighted by Crippen LogP contribution is 2.45. The molecule has 8 nitrogen and oxygen atoms in total. The number of carbonyl (C=O) groups is 2. The number of para-hydroxylation sites is 2. The zero-order chi connectivity index (χ0) is 27.6. The number of amides is 3. The third kappa shape index (κ3) is 4.77. The zero-order valence-corrected chi connectivity index (χ0v) is 22.6. The molecule has 6 rings (SSSR count). The molecule has 1 aliphatic heterocycles. The molecule has 1 unspecified atom stereocenters. The predicted molar refractivity (Wildman–Crippen MR) is 153 cm³/mol. The summed E-state index contributed by atoms with van der Waals surface area (Å²) in [6.45, 7) is 0.365. The van der Waals surface area contributed by atoms with Crippen molar-refractivity contribution in [3.05, 3.63) is 108 Å². The SMILES string of the molecule is COc1ccc(OC)c(C2c3cccn3-c3ccccc3N2C(=O)CN(C(=O)NCc2ccccc2)C2CC2)c1. The first-order chi connectivity index (χ1) is 19.6. The minimum atomic E-state index is -0.490. The fourth-order valence-corrected chi connectivity index (χ4v) is 5.46. The Bertz CT molecular complexity index is 1530. The first-order valence-electron chi connectivity index (χ1n) is 13.5. The van der Waals surface area contributed by atoms with Gasteiger partial charge in [0.15, 0.2) is 0 Å². The molecule has 8 heteroatoms. The van der Waals surface area contributed by atoms with Gasteiger partial charge in [-0.15, -0.1) is 0 Å². The summed E-state index contributed by atoms with van der Waals surface area (Å²) < 4.78 is 13.4. The molecule has 1 aromatic heterocycles. The number of methoxy groups -OCH3 is 2. The van der Waals surface area contributed by atoms with Crippen molar-refractivity contribution in [1.29, 1.82) is 0 Å². The van der Waals surface area contributed by atoms with Crippen LogP contribution in [0.2, 0.25) is 0 Å². The topological polar surface area (TPSA) is 76.0 Å². The van der Waals surface area contributed by atoms with Crippen LogP contribution in [0.1, 0.15) is 35.7 Å². The number of rotatable bonds is 8. The van der Waals surface area contributed by atoms with Crippen LogP contribution >= 0.6 is 0 Å². The lowest BCUT2D eigenvalue weighted by Gasteiger charge is -2.40. The van der Waals surface area contributed by atoms with Gasteiger partial charge in [-0.1, -0.05) is 42.5 Å². The summed E-state index contributed by atoms with van der Waals surface area (Å²) in [7, 11) is 3.24. The fourth-order valence-electron chi connectivity index (χ4n) is 5.46. The molecule has 1 aliphatic carbocycles. The molecule has 1 atom stereocenters. The van der Waals surface area contributed by atoms with Gasteiger partial charge in [0.2, 0.25) is 5.91 Å². The Morgan fingerprint density at radius 1 is 0.900 bits per heavy atom. The van der Waals surface area contributed by atoms with Gasteiger partial charge in [0.1, 0.15) is 24.1 Å². The monoisotopic (exact) mass is 536 g/mol. The van der Waals surface area contributed by atoms with E-state index in [9.17, 15) is 9.59 Å². The number of aromatic nitrogens is 1. The summed E-state index contributed by atoms with van der Waals surface area (Å²) >= 11 is 0. The van der Waals surface area contributed by atoms with E-state index in [1.165, 1.54) is 0 Å². The van der Waals surface area contributed by atoms with Crippen LogP contribution in [0.5, 0.6) is 11.5 Å². The predicted octanol–water partition coefficient (Wildman–Crippen LogP) is 5.30. The second-order valence-electron chi connectivity index (χ2n) is 10.1. The lowest BCUT2D eigenvalue weighted by Crippen LogP contribution is -2.49. The molecule has 2 aliphatic rings. The van der Waals surface area contributed by atoms with E-state index in [-0.39, 0.29) is 24.5 Å². The number of nitrogens with one attached hydrogen (secondary N) is 1. The van der Waals surface area contributed by atoms with Crippen molar-refractivity contribution in [3.8, 4) is 17.2 Å². The molecular weight excluding hydrogens is 504 g/mol. The van der Waals surface area contributed by atoms with Gasteiger partial charge in [-0.2, -0.15) is 0 Å². The number of hydrogen-bond donors (Lipinski definition) is 1. The second kappa shape index (κ2) is 10.8. The van der Waals surface area contributed by atoms with Crippen molar-refractivity contribution >= 4 is 17.6 Å². The number of benzene rings is 3. The van der Waals surface area contributed by atoms with E-state index in [2.05, 4.69) is 9.88 Å².